The lowest BCUT2D eigenvalue weighted by Gasteiger charge is -2.00. The largest absolute Gasteiger partial charge is 0.0732 e. The number of allylic oxidation sites excluding steroid dienone is 4. The Morgan fingerprint density at radius 1 is 1.00 bits per heavy atom. The van der Waals surface area contributed by atoms with Gasteiger partial charge in [0.25, 0.3) is 0 Å². The van der Waals surface area contributed by atoms with E-state index in [9.17, 15) is 0 Å². The fourth-order valence-corrected chi connectivity index (χ4v) is 1.68. The van der Waals surface area contributed by atoms with E-state index in [1.165, 1.54) is 49.7 Å². The fraction of sp³-hybridized carbons (Fsp3) is 0.615. The van der Waals surface area contributed by atoms with Crippen molar-refractivity contribution < 1.29 is 0 Å². The standard InChI is InChI=1S/C13H21/c1-3-5-6-7-8-13-10-9-12(4-2)11-13/h9-11H,3-8H2,1-2H3. The summed E-state index contributed by atoms with van der Waals surface area (Å²) in [6, 6.07) is 0. The van der Waals surface area contributed by atoms with E-state index in [0.717, 1.165) is 0 Å². The molecule has 0 heterocycles. The highest BCUT2D eigenvalue weighted by atomic mass is 14.1. The van der Waals surface area contributed by atoms with Crippen LogP contribution >= 0.6 is 0 Å². The molecular weight excluding hydrogens is 156 g/mol. The summed E-state index contributed by atoms with van der Waals surface area (Å²) in [4.78, 5) is 0. The van der Waals surface area contributed by atoms with E-state index < -0.39 is 0 Å². The Hall–Kier alpha value is -0.520. The Kier molecular flexibility index (Phi) is 4.88. The van der Waals surface area contributed by atoms with Gasteiger partial charge in [0.1, 0.15) is 0 Å². The first-order valence-corrected chi connectivity index (χ1v) is 5.61. The van der Waals surface area contributed by atoms with Gasteiger partial charge >= 0.3 is 0 Å². The molecule has 0 unspecified atom stereocenters. The molecule has 0 aromatic rings. The monoisotopic (exact) mass is 177 g/mol. The van der Waals surface area contributed by atoms with Gasteiger partial charge in [0, 0.05) is 6.42 Å². The molecule has 0 fully saturated rings. The van der Waals surface area contributed by atoms with Crippen molar-refractivity contribution in [2.24, 2.45) is 0 Å². The molecule has 0 saturated carbocycles. The quantitative estimate of drug-likeness (QED) is 0.526. The van der Waals surface area contributed by atoms with Gasteiger partial charge in [-0.25, -0.2) is 0 Å². The number of hydrogen-bond donors (Lipinski definition) is 0. The van der Waals surface area contributed by atoms with Crippen LogP contribution in [0.1, 0.15) is 52.4 Å². The summed E-state index contributed by atoms with van der Waals surface area (Å²) < 4.78 is 0. The molecule has 1 aliphatic carbocycles. The van der Waals surface area contributed by atoms with Crippen LogP contribution in [-0.4, -0.2) is 0 Å². The predicted molar refractivity (Wildman–Crippen MR) is 59.5 cm³/mol. The van der Waals surface area contributed by atoms with Gasteiger partial charge in [-0.1, -0.05) is 56.4 Å². The minimum absolute atomic E-state index is 1.18. The molecule has 0 aromatic carbocycles. The molecule has 0 aromatic heterocycles. The van der Waals surface area contributed by atoms with E-state index in [4.69, 9.17) is 0 Å². The zero-order valence-electron chi connectivity index (χ0n) is 8.97. The molecule has 1 rings (SSSR count). The molecule has 1 aliphatic rings. The zero-order chi connectivity index (χ0) is 9.52. The molecule has 0 amide bonds. The third-order valence-electron chi connectivity index (χ3n) is 2.61. The van der Waals surface area contributed by atoms with Gasteiger partial charge in [-0.05, 0) is 19.3 Å². The summed E-state index contributed by atoms with van der Waals surface area (Å²) in [5.74, 6) is 0. The van der Waals surface area contributed by atoms with Crippen LogP contribution in [0.15, 0.2) is 23.3 Å². The second-order valence-corrected chi connectivity index (χ2v) is 3.79. The van der Waals surface area contributed by atoms with Gasteiger partial charge in [-0.3, -0.25) is 0 Å². The Labute approximate surface area is 82.7 Å². The maximum Gasteiger partial charge on any atom is 0.00863 e. The summed E-state index contributed by atoms with van der Waals surface area (Å²) in [7, 11) is 0. The molecule has 0 bridgehead atoms. The van der Waals surface area contributed by atoms with Crippen molar-refractivity contribution in [3.8, 4) is 0 Å². The third kappa shape index (κ3) is 3.80. The molecule has 0 N–H and O–H groups in total. The fourth-order valence-electron chi connectivity index (χ4n) is 1.68. The molecule has 0 nitrogen and oxygen atoms in total. The average molecular weight is 177 g/mol. The van der Waals surface area contributed by atoms with Crippen LogP contribution in [0.25, 0.3) is 0 Å². The summed E-state index contributed by atoms with van der Waals surface area (Å²) >= 11 is 0. The van der Waals surface area contributed by atoms with Gasteiger partial charge in [-0.2, -0.15) is 0 Å². The van der Waals surface area contributed by atoms with E-state index >= 15 is 0 Å². The summed E-state index contributed by atoms with van der Waals surface area (Å²) in [5.41, 5.74) is 3.03. The van der Waals surface area contributed by atoms with Crippen LogP contribution in [0.3, 0.4) is 0 Å². The van der Waals surface area contributed by atoms with Crippen LogP contribution < -0.4 is 0 Å². The van der Waals surface area contributed by atoms with E-state index in [1.54, 1.807) is 0 Å². The van der Waals surface area contributed by atoms with Gasteiger partial charge in [-0.15, -0.1) is 0 Å². The highest BCUT2D eigenvalue weighted by Gasteiger charge is 2.04. The smallest absolute Gasteiger partial charge is 0.00863 e. The minimum atomic E-state index is 1.18. The summed E-state index contributed by atoms with van der Waals surface area (Å²) in [5, 5.41) is 0. The SMILES string of the molecule is CCCCCCC1=CC(CC)=C[CH]1. The van der Waals surface area contributed by atoms with Crippen LogP contribution in [-0.2, 0) is 0 Å². The van der Waals surface area contributed by atoms with Crippen LogP contribution in [0.2, 0.25) is 0 Å². The molecule has 73 valence electrons. The van der Waals surface area contributed by atoms with Crippen molar-refractivity contribution in [2.75, 3.05) is 0 Å². The van der Waals surface area contributed by atoms with Crippen molar-refractivity contribution in [3.05, 3.63) is 29.7 Å². The minimum Gasteiger partial charge on any atom is -0.0732 e. The van der Waals surface area contributed by atoms with Crippen molar-refractivity contribution in [3.63, 3.8) is 0 Å². The van der Waals surface area contributed by atoms with E-state index in [0.29, 0.717) is 0 Å². The molecule has 0 spiro atoms. The van der Waals surface area contributed by atoms with Gasteiger partial charge in [0.2, 0.25) is 0 Å². The lowest BCUT2D eigenvalue weighted by atomic mass is 10.1. The second kappa shape index (κ2) is 6.01. The van der Waals surface area contributed by atoms with Gasteiger partial charge in [0.05, 0.1) is 0 Å². The molecular formula is C13H21. The Bertz CT molecular complexity index is 196. The number of hydrogen-bond acceptors (Lipinski definition) is 0. The Morgan fingerprint density at radius 3 is 2.46 bits per heavy atom. The predicted octanol–water partition coefficient (Wildman–Crippen LogP) is 4.44. The van der Waals surface area contributed by atoms with Crippen LogP contribution in [0, 0.1) is 6.42 Å². The third-order valence-corrected chi connectivity index (χ3v) is 2.61. The number of rotatable bonds is 6. The van der Waals surface area contributed by atoms with Crippen molar-refractivity contribution in [2.45, 2.75) is 52.4 Å². The van der Waals surface area contributed by atoms with Crippen LogP contribution in [0.5, 0.6) is 0 Å². The van der Waals surface area contributed by atoms with Gasteiger partial charge in [0.15, 0.2) is 0 Å². The average Bonchev–Trinajstić information content (AvgIpc) is 2.60. The maximum atomic E-state index is 2.35. The van der Waals surface area contributed by atoms with E-state index in [2.05, 4.69) is 32.4 Å². The molecule has 0 atom stereocenters. The molecule has 13 heavy (non-hydrogen) atoms. The second-order valence-electron chi connectivity index (χ2n) is 3.79. The topological polar surface area (TPSA) is 0 Å². The lowest BCUT2D eigenvalue weighted by Crippen LogP contribution is -1.81. The lowest BCUT2D eigenvalue weighted by molar-refractivity contribution is 0.667. The van der Waals surface area contributed by atoms with E-state index in [-0.39, 0.29) is 0 Å². The Morgan fingerprint density at radius 2 is 1.85 bits per heavy atom. The van der Waals surface area contributed by atoms with Crippen molar-refractivity contribution in [1.29, 1.82) is 0 Å². The summed E-state index contributed by atoms with van der Waals surface area (Å²) in [6.07, 6.45) is 14.8. The molecule has 0 saturated heterocycles. The molecule has 1 radical (unpaired) electrons. The van der Waals surface area contributed by atoms with Crippen LogP contribution in [0.4, 0.5) is 0 Å². The molecule has 0 heteroatoms. The Balaban J connectivity index is 2.11. The highest BCUT2D eigenvalue weighted by molar-refractivity contribution is 5.40. The van der Waals surface area contributed by atoms with Crippen molar-refractivity contribution >= 4 is 0 Å². The summed E-state index contributed by atoms with van der Waals surface area (Å²) in [6.45, 7) is 4.48. The number of unbranched alkanes of at least 4 members (excludes halogenated alkanes) is 3. The normalized spacial score (nSPS) is 15.8. The van der Waals surface area contributed by atoms with E-state index in [1.807, 2.05) is 0 Å². The molecule has 0 aliphatic heterocycles. The zero-order valence-corrected chi connectivity index (χ0v) is 8.97. The highest BCUT2D eigenvalue weighted by Crippen LogP contribution is 2.23. The first kappa shape index (κ1) is 10.6. The maximum absolute atomic E-state index is 2.35. The first-order chi connectivity index (χ1) is 6.36. The first-order valence-electron chi connectivity index (χ1n) is 5.61. The van der Waals surface area contributed by atoms with Crippen molar-refractivity contribution in [1.82, 2.24) is 0 Å². The van der Waals surface area contributed by atoms with Gasteiger partial charge < -0.3 is 0 Å².